The molecule has 0 aliphatic heterocycles. The number of rotatable bonds is 7. The fourth-order valence-electron chi connectivity index (χ4n) is 1.16. The molecule has 0 bridgehead atoms. The van der Waals surface area contributed by atoms with Gasteiger partial charge in [-0.1, -0.05) is 13.3 Å². The van der Waals surface area contributed by atoms with Crippen molar-refractivity contribution in [3.8, 4) is 0 Å². The van der Waals surface area contributed by atoms with Gasteiger partial charge in [0.1, 0.15) is 0 Å². The maximum atomic E-state index is 11.0. The van der Waals surface area contributed by atoms with Crippen LogP contribution in [0.3, 0.4) is 0 Å². The van der Waals surface area contributed by atoms with Gasteiger partial charge in [-0.05, 0) is 13.3 Å². The van der Waals surface area contributed by atoms with Crippen molar-refractivity contribution >= 4 is 12.4 Å². The maximum absolute atomic E-state index is 11.0. The standard InChI is InChI=1S/C10H19NO3/c1-4-5-6-11(8-12)9(2)7-10(13)14-3/h8-9H,4-7H2,1-3H3. The van der Waals surface area contributed by atoms with E-state index in [0.29, 0.717) is 6.54 Å². The van der Waals surface area contributed by atoms with Crippen molar-refractivity contribution in [1.82, 2.24) is 4.90 Å². The maximum Gasteiger partial charge on any atom is 0.307 e. The van der Waals surface area contributed by atoms with Gasteiger partial charge in [0, 0.05) is 12.6 Å². The van der Waals surface area contributed by atoms with Crippen molar-refractivity contribution in [3.63, 3.8) is 0 Å². The van der Waals surface area contributed by atoms with E-state index in [2.05, 4.69) is 11.7 Å². The number of carbonyl (C=O) groups is 2. The second-order valence-electron chi connectivity index (χ2n) is 3.33. The molecule has 0 aliphatic rings. The number of ether oxygens (including phenoxy) is 1. The van der Waals surface area contributed by atoms with E-state index >= 15 is 0 Å². The Kier molecular flexibility index (Phi) is 6.80. The van der Waals surface area contributed by atoms with E-state index in [1.54, 1.807) is 4.90 Å². The fourth-order valence-corrected chi connectivity index (χ4v) is 1.16. The monoisotopic (exact) mass is 201 g/mol. The van der Waals surface area contributed by atoms with E-state index in [4.69, 9.17) is 0 Å². The van der Waals surface area contributed by atoms with E-state index in [-0.39, 0.29) is 18.4 Å². The highest BCUT2D eigenvalue weighted by Crippen LogP contribution is 2.04. The molecular weight excluding hydrogens is 182 g/mol. The molecule has 0 aromatic heterocycles. The molecule has 1 amide bonds. The Labute approximate surface area is 85.2 Å². The minimum Gasteiger partial charge on any atom is -0.469 e. The average Bonchev–Trinajstić information content (AvgIpc) is 2.18. The lowest BCUT2D eigenvalue weighted by molar-refractivity contribution is -0.142. The van der Waals surface area contributed by atoms with E-state index in [1.807, 2.05) is 6.92 Å². The van der Waals surface area contributed by atoms with Crippen LogP contribution in [0.2, 0.25) is 0 Å². The van der Waals surface area contributed by atoms with E-state index in [1.165, 1.54) is 7.11 Å². The summed E-state index contributed by atoms with van der Waals surface area (Å²) in [5.41, 5.74) is 0. The molecule has 0 N–H and O–H groups in total. The zero-order valence-corrected chi connectivity index (χ0v) is 9.16. The molecular formula is C10H19NO3. The third-order valence-corrected chi connectivity index (χ3v) is 2.16. The zero-order valence-electron chi connectivity index (χ0n) is 9.16. The van der Waals surface area contributed by atoms with Crippen LogP contribution in [0, 0.1) is 0 Å². The van der Waals surface area contributed by atoms with E-state index < -0.39 is 0 Å². The van der Waals surface area contributed by atoms with Gasteiger partial charge in [-0.2, -0.15) is 0 Å². The second kappa shape index (κ2) is 7.35. The first kappa shape index (κ1) is 12.9. The van der Waals surface area contributed by atoms with Crippen molar-refractivity contribution in [2.24, 2.45) is 0 Å². The normalized spacial score (nSPS) is 11.9. The van der Waals surface area contributed by atoms with Crippen LogP contribution in [-0.4, -0.2) is 37.0 Å². The molecule has 82 valence electrons. The number of hydrogen-bond acceptors (Lipinski definition) is 3. The number of esters is 1. The van der Waals surface area contributed by atoms with Gasteiger partial charge in [-0.25, -0.2) is 0 Å². The molecule has 0 radical (unpaired) electrons. The van der Waals surface area contributed by atoms with Gasteiger partial charge < -0.3 is 9.64 Å². The summed E-state index contributed by atoms with van der Waals surface area (Å²) < 4.78 is 4.54. The first-order valence-electron chi connectivity index (χ1n) is 4.93. The van der Waals surface area contributed by atoms with Gasteiger partial charge in [0.2, 0.25) is 6.41 Å². The molecule has 0 fully saturated rings. The Hall–Kier alpha value is -1.06. The quantitative estimate of drug-likeness (QED) is 0.459. The Morgan fingerprint density at radius 3 is 2.64 bits per heavy atom. The topological polar surface area (TPSA) is 46.6 Å². The number of methoxy groups -OCH3 is 1. The fraction of sp³-hybridized carbons (Fsp3) is 0.800. The molecule has 0 saturated carbocycles. The highest BCUT2D eigenvalue weighted by molar-refractivity contribution is 5.70. The summed E-state index contributed by atoms with van der Waals surface area (Å²) in [6.07, 6.45) is 3.06. The molecule has 4 heteroatoms. The lowest BCUT2D eigenvalue weighted by Crippen LogP contribution is -2.34. The highest BCUT2D eigenvalue weighted by Gasteiger charge is 2.15. The highest BCUT2D eigenvalue weighted by atomic mass is 16.5. The summed E-state index contributed by atoms with van der Waals surface area (Å²) in [6, 6.07) is -0.0773. The minimum absolute atomic E-state index is 0.0773. The van der Waals surface area contributed by atoms with Crippen LogP contribution in [0.15, 0.2) is 0 Å². The third-order valence-electron chi connectivity index (χ3n) is 2.16. The molecule has 0 aliphatic carbocycles. The van der Waals surface area contributed by atoms with Crippen LogP contribution in [0.1, 0.15) is 33.1 Å². The molecule has 1 unspecified atom stereocenters. The minimum atomic E-state index is -0.277. The van der Waals surface area contributed by atoms with Crippen LogP contribution in [-0.2, 0) is 14.3 Å². The van der Waals surface area contributed by atoms with Gasteiger partial charge in [-0.3, -0.25) is 9.59 Å². The summed E-state index contributed by atoms with van der Waals surface area (Å²) in [5, 5.41) is 0. The second-order valence-corrected chi connectivity index (χ2v) is 3.33. The Balaban J connectivity index is 3.96. The van der Waals surface area contributed by atoms with Gasteiger partial charge in [-0.15, -0.1) is 0 Å². The zero-order chi connectivity index (χ0) is 11.0. The van der Waals surface area contributed by atoms with Gasteiger partial charge in [0.25, 0.3) is 0 Å². The van der Waals surface area contributed by atoms with Crippen LogP contribution >= 0.6 is 0 Å². The average molecular weight is 201 g/mol. The predicted molar refractivity (Wildman–Crippen MR) is 53.8 cm³/mol. The summed E-state index contributed by atoms with van der Waals surface area (Å²) >= 11 is 0. The first-order valence-corrected chi connectivity index (χ1v) is 4.93. The molecule has 0 aromatic carbocycles. The van der Waals surface area contributed by atoms with Crippen molar-refractivity contribution < 1.29 is 14.3 Å². The Morgan fingerprint density at radius 2 is 2.21 bits per heavy atom. The third kappa shape index (κ3) is 4.84. The van der Waals surface area contributed by atoms with Crippen LogP contribution < -0.4 is 0 Å². The molecule has 0 spiro atoms. The lowest BCUT2D eigenvalue weighted by atomic mass is 10.2. The summed E-state index contributed by atoms with van der Waals surface area (Å²) in [7, 11) is 1.35. The number of carbonyl (C=O) groups excluding carboxylic acids is 2. The van der Waals surface area contributed by atoms with Crippen molar-refractivity contribution in [2.75, 3.05) is 13.7 Å². The summed E-state index contributed by atoms with van der Waals surface area (Å²) in [4.78, 5) is 23.3. The lowest BCUT2D eigenvalue weighted by Gasteiger charge is -2.23. The molecule has 0 saturated heterocycles. The number of nitrogens with zero attached hydrogens (tertiary/aromatic N) is 1. The number of hydrogen-bond donors (Lipinski definition) is 0. The molecule has 1 atom stereocenters. The SMILES string of the molecule is CCCCN(C=O)C(C)CC(=O)OC. The smallest absolute Gasteiger partial charge is 0.307 e. The van der Waals surface area contributed by atoms with Crippen molar-refractivity contribution in [3.05, 3.63) is 0 Å². The van der Waals surface area contributed by atoms with E-state index in [9.17, 15) is 9.59 Å². The van der Waals surface area contributed by atoms with E-state index in [0.717, 1.165) is 19.3 Å². The number of unbranched alkanes of at least 4 members (excludes halogenated alkanes) is 1. The van der Waals surface area contributed by atoms with Crippen LogP contribution in [0.5, 0.6) is 0 Å². The molecule has 0 aromatic rings. The molecule has 0 rings (SSSR count). The Morgan fingerprint density at radius 1 is 1.57 bits per heavy atom. The summed E-state index contributed by atoms with van der Waals surface area (Å²) in [5.74, 6) is -0.277. The summed E-state index contributed by atoms with van der Waals surface area (Å²) in [6.45, 7) is 4.62. The number of amides is 1. The largest absolute Gasteiger partial charge is 0.469 e. The molecule has 14 heavy (non-hydrogen) atoms. The first-order chi connectivity index (χ1) is 6.65. The Bertz CT molecular complexity index is 182. The van der Waals surface area contributed by atoms with Gasteiger partial charge in [0.15, 0.2) is 0 Å². The van der Waals surface area contributed by atoms with Crippen LogP contribution in [0.25, 0.3) is 0 Å². The van der Waals surface area contributed by atoms with Gasteiger partial charge >= 0.3 is 5.97 Å². The molecule has 4 nitrogen and oxygen atoms in total. The predicted octanol–water partition coefficient (Wildman–Crippen LogP) is 1.20. The van der Waals surface area contributed by atoms with Crippen molar-refractivity contribution in [1.29, 1.82) is 0 Å². The van der Waals surface area contributed by atoms with Gasteiger partial charge in [0.05, 0.1) is 13.5 Å². The molecule has 0 heterocycles. The van der Waals surface area contributed by atoms with Crippen LogP contribution in [0.4, 0.5) is 0 Å². The van der Waals surface area contributed by atoms with Crippen molar-refractivity contribution in [2.45, 2.75) is 39.2 Å².